The van der Waals surface area contributed by atoms with Crippen molar-refractivity contribution in [2.45, 2.75) is 18.2 Å². The average molecular weight is 392 g/mol. The molecule has 1 N–H and O–H groups in total. The maximum atomic E-state index is 12.8. The smallest absolute Gasteiger partial charge is 0.243 e. The largest absolute Gasteiger partial charge is 0.325 e. The van der Waals surface area contributed by atoms with Gasteiger partial charge in [0.15, 0.2) is 0 Å². The van der Waals surface area contributed by atoms with Gasteiger partial charge in [-0.15, -0.1) is 0 Å². The standard InChI is InChI=1S/C18H18ClN3O3S/c1-2-10-22(26(24,25)17-8-6-15(19)7-9-17)13-18(23)21-16-5-3-4-14(11-16)12-20/h3-9,11H,2,10,13H2,1H3,(H,21,23). The Balaban J connectivity index is 2.17. The average Bonchev–Trinajstić information content (AvgIpc) is 2.62. The summed E-state index contributed by atoms with van der Waals surface area (Å²) in [7, 11) is -3.82. The number of halogens is 1. The summed E-state index contributed by atoms with van der Waals surface area (Å²) in [6.45, 7) is 1.71. The van der Waals surface area contributed by atoms with E-state index in [4.69, 9.17) is 16.9 Å². The Bertz CT molecular complexity index is 921. The van der Waals surface area contributed by atoms with E-state index < -0.39 is 15.9 Å². The zero-order valence-electron chi connectivity index (χ0n) is 14.1. The Hall–Kier alpha value is -2.40. The minimum Gasteiger partial charge on any atom is -0.325 e. The third-order valence-corrected chi connectivity index (χ3v) is 5.63. The Kier molecular flexibility index (Phi) is 6.75. The molecule has 1 amide bonds. The number of carbonyl (C=O) groups is 1. The van der Waals surface area contributed by atoms with Crippen molar-refractivity contribution < 1.29 is 13.2 Å². The first-order chi connectivity index (χ1) is 12.4. The first kappa shape index (κ1) is 19.9. The summed E-state index contributed by atoms with van der Waals surface area (Å²) in [5.74, 6) is -0.480. The lowest BCUT2D eigenvalue weighted by Crippen LogP contribution is -2.38. The van der Waals surface area contributed by atoms with Crippen molar-refractivity contribution in [1.82, 2.24) is 4.31 Å². The Labute approximate surface area is 158 Å². The molecule has 136 valence electrons. The van der Waals surface area contributed by atoms with Crippen LogP contribution >= 0.6 is 11.6 Å². The number of rotatable bonds is 7. The van der Waals surface area contributed by atoms with E-state index in [1.807, 2.05) is 13.0 Å². The van der Waals surface area contributed by atoms with Gasteiger partial charge in [-0.2, -0.15) is 9.57 Å². The normalized spacial score (nSPS) is 11.2. The summed E-state index contributed by atoms with van der Waals surface area (Å²) in [5, 5.41) is 12.0. The van der Waals surface area contributed by atoms with Gasteiger partial charge in [-0.1, -0.05) is 24.6 Å². The van der Waals surface area contributed by atoms with Crippen molar-refractivity contribution in [2.24, 2.45) is 0 Å². The monoisotopic (exact) mass is 391 g/mol. The van der Waals surface area contributed by atoms with Gasteiger partial charge in [0.25, 0.3) is 0 Å². The van der Waals surface area contributed by atoms with Crippen LogP contribution in [0, 0.1) is 11.3 Å². The molecule has 0 aromatic heterocycles. The van der Waals surface area contributed by atoms with Gasteiger partial charge in [-0.3, -0.25) is 4.79 Å². The van der Waals surface area contributed by atoms with Gasteiger partial charge in [0, 0.05) is 17.3 Å². The number of hydrogen-bond acceptors (Lipinski definition) is 4. The number of carbonyl (C=O) groups excluding carboxylic acids is 1. The van der Waals surface area contributed by atoms with Gasteiger partial charge in [0.1, 0.15) is 0 Å². The van der Waals surface area contributed by atoms with Crippen LogP contribution in [-0.2, 0) is 14.8 Å². The van der Waals surface area contributed by atoms with E-state index in [1.165, 1.54) is 30.3 Å². The number of amides is 1. The van der Waals surface area contributed by atoms with E-state index >= 15 is 0 Å². The van der Waals surface area contributed by atoms with E-state index in [0.717, 1.165) is 4.31 Å². The van der Waals surface area contributed by atoms with Gasteiger partial charge in [0.05, 0.1) is 23.1 Å². The Morgan fingerprint density at radius 1 is 1.23 bits per heavy atom. The van der Waals surface area contributed by atoms with Gasteiger partial charge < -0.3 is 5.32 Å². The molecule has 2 aromatic rings. The number of nitrogens with one attached hydrogen (secondary N) is 1. The molecule has 0 fully saturated rings. The fraction of sp³-hybridized carbons (Fsp3) is 0.222. The van der Waals surface area contributed by atoms with Crippen LogP contribution in [0.25, 0.3) is 0 Å². The Morgan fingerprint density at radius 3 is 2.54 bits per heavy atom. The van der Waals surface area contributed by atoms with Gasteiger partial charge in [-0.05, 0) is 48.9 Å². The fourth-order valence-corrected chi connectivity index (χ4v) is 3.93. The highest BCUT2D eigenvalue weighted by molar-refractivity contribution is 7.89. The van der Waals surface area contributed by atoms with Crippen LogP contribution < -0.4 is 5.32 Å². The quantitative estimate of drug-likeness (QED) is 0.784. The van der Waals surface area contributed by atoms with Crippen LogP contribution in [0.3, 0.4) is 0 Å². The van der Waals surface area contributed by atoms with Crippen molar-refractivity contribution >= 4 is 33.2 Å². The zero-order chi connectivity index (χ0) is 19.2. The summed E-state index contributed by atoms with van der Waals surface area (Å²) in [5.41, 5.74) is 0.844. The second-order valence-corrected chi connectivity index (χ2v) is 7.91. The molecule has 0 radical (unpaired) electrons. The molecule has 26 heavy (non-hydrogen) atoms. The molecule has 0 saturated carbocycles. The molecular weight excluding hydrogens is 374 g/mol. The molecule has 0 aliphatic heterocycles. The molecule has 0 saturated heterocycles. The maximum absolute atomic E-state index is 12.8. The number of benzene rings is 2. The van der Waals surface area contributed by atoms with E-state index in [0.29, 0.717) is 22.7 Å². The van der Waals surface area contributed by atoms with Crippen LogP contribution in [0.4, 0.5) is 5.69 Å². The maximum Gasteiger partial charge on any atom is 0.243 e. The molecule has 2 aromatic carbocycles. The number of hydrogen-bond donors (Lipinski definition) is 1. The highest BCUT2D eigenvalue weighted by Crippen LogP contribution is 2.19. The fourth-order valence-electron chi connectivity index (χ4n) is 2.32. The van der Waals surface area contributed by atoms with Crippen LogP contribution in [-0.4, -0.2) is 31.7 Å². The van der Waals surface area contributed by atoms with Crippen molar-refractivity contribution in [3.63, 3.8) is 0 Å². The minimum atomic E-state index is -3.82. The molecule has 6 nitrogen and oxygen atoms in total. The second-order valence-electron chi connectivity index (χ2n) is 5.53. The lowest BCUT2D eigenvalue weighted by atomic mass is 10.2. The number of sulfonamides is 1. The van der Waals surface area contributed by atoms with Crippen molar-refractivity contribution in [3.8, 4) is 6.07 Å². The summed E-state index contributed by atoms with van der Waals surface area (Å²) in [4.78, 5) is 12.4. The van der Waals surface area contributed by atoms with Crippen LogP contribution in [0.1, 0.15) is 18.9 Å². The van der Waals surface area contributed by atoms with Crippen molar-refractivity contribution in [3.05, 3.63) is 59.1 Å². The van der Waals surface area contributed by atoms with Crippen molar-refractivity contribution in [2.75, 3.05) is 18.4 Å². The molecule has 0 aliphatic rings. The minimum absolute atomic E-state index is 0.0784. The van der Waals surface area contributed by atoms with Crippen LogP contribution in [0.2, 0.25) is 5.02 Å². The molecule has 0 spiro atoms. The first-order valence-corrected chi connectivity index (χ1v) is 9.74. The third-order valence-electron chi connectivity index (χ3n) is 3.52. The molecule has 8 heteroatoms. The third kappa shape index (κ3) is 5.05. The first-order valence-electron chi connectivity index (χ1n) is 7.92. The van der Waals surface area contributed by atoms with Gasteiger partial charge in [-0.25, -0.2) is 8.42 Å². The summed E-state index contributed by atoms with van der Waals surface area (Å²) < 4.78 is 26.7. The van der Waals surface area contributed by atoms with E-state index in [2.05, 4.69) is 5.32 Å². The molecule has 0 unspecified atom stereocenters. The van der Waals surface area contributed by atoms with Crippen LogP contribution in [0.5, 0.6) is 0 Å². The summed E-state index contributed by atoms with van der Waals surface area (Å²) in [6, 6.07) is 14.2. The summed E-state index contributed by atoms with van der Waals surface area (Å²) >= 11 is 5.81. The predicted octanol–water partition coefficient (Wildman–Crippen LogP) is 3.25. The SMILES string of the molecule is CCCN(CC(=O)Nc1cccc(C#N)c1)S(=O)(=O)c1ccc(Cl)cc1. The number of nitriles is 1. The number of nitrogens with zero attached hydrogens (tertiary/aromatic N) is 2. The molecule has 0 aliphatic carbocycles. The Morgan fingerprint density at radius 2 is 1.92 bits per heavy atom. The van der Waals surface area contributed by atoms with Gasteiger partial charge in [0.2, 0.25) is 15.9 Å². The van der Waals surface area contributed by atoms with Crippen molar-refractivity contribution in [1.29, 1.82) is 5.26 Å². The molecular formula is C18H18ClN3O3S. The van der Waals surface area contributed by atoms with Crippen LogP contribution in [0.15, 0.2) is 53.4 Å². The zero-order valence-corrected chi connectivity index (χ0v) is 15.7. The lowest BCUT2D eigenvalue weighted by molar-refractivity contribution is -0.116. The molecule has 0 bridgehead atoms. The summed E-state index contributed by atoms with van der Waals surface area (Å²) in [6.07, 6.45) is 0.560. The lowest BCUT2D eigenvalue weighted by Gasteiger charge is -2.21. The second kappa shape index (κ2) is 8.81. The van der Waals surface area contributed by atoms with Gasteiger partial charge >= 0.3 is 0 Å². The predicted molar refractivity (Wildman–Crippen MR) is 100 cm³/mol. The van der Waals surface area contributed by atoms with E-state index in [9.17, 15) is 13.2 Å². The van der Waals surface area contributed by atoms with E-state index in [1.54, 1.807) is 18.2 Å². The highest BCUT2D eigenvalue weighted by Gasteiger charge is 2.26. The molecule has 2 rings (SSSR count). The molecule has 0 heterocycles. The molecule has 0 atom stereocenters. The highest BCUT2D eigenvalue weighted by atomic mass is 35.5. The topological polar surface area (TPSA) is 90.3 Å². The number of anilines is 1. The van der Waals surface area contributed by atoms with E-state index in [-0.39, 0.29) is 18.0 Å².